The fourth-order valence-electron chi connectivity index (χ4n) is 2.90. The maximum atomic E-state index is 12.8. The summed E-state index contributed by atoms with van der Waals surface area (Å²) in [5.41, 5.74) is 1.52. The molecule has 1 unspecified atom stereocenters. The predicted octanol–water partition coefficient (Wildman–Crippen LogP) is 2.00. The third-order valence-corrected chi connectivity index (χ3v) is 4.34. The molecule has 0 saturated carbocycles. The molecule has 2 N–H and O–H groups in total. The average molecular weight is 384 g/mol. The SMILES string of the molecule is COc1ccc(C(CC(=O)O)NC(=O)c2ccc3nnc(C)n3c2)c(OC)c1. The van der Waals surface area contributed by atoms with Gasteiger partial charge in [0.15, 0.2) is 5.65 Å². The molecule has 2 aromatic heterocycles. The molecule has 0 aliphatic rings. The number of carbonyl (C=O) groups is 2. The van der Waals surface area contributed by atoms with Gasteiger partial charge < -0.3 is 19.9 Å². The second kappa shape index (κ2) is 7.95. The number of hydrogen-bond acceptors (Lipinski definition) is 6. The van der Waals surface area contributed by atoms with Crippen molar-refractivity contribution in [1.29, 1.82) is 0 Å². The number of nitrogens with zero attached hydrogens (tertiary/aromatic N) is 3. The zero-order valence-corrected chi connectivity index (χ0v) is 15.7. The zero-order valence-electron chi connectivity index (χ0n) is 15.7. The Morgan fingerprint density at radius 1 is 1.18 bits per heavy atom. The lowest BCUT2D eigenvalue weighted by atomic mass is 10.0. The lowest BCUT2D eigenvalue weighted by Gasteiger charge is -2.20. The third-order valence-electron chi connectivity index (χ3n) is 4.34. The minimum Gasteiger partial charge on any atom is -0.497 e. The highest BCUT2D eigenvalue weighted by molar-refractivity contribution is 5.94. The summed E-state index contributed by atoms with van der Waals surface area (Å²) in [6.07, 6.45) is 1.31. The fraction of sp³-hybridized carbons (Fsp3) is 0.263. The predicted molar refractivity (Wildman–Crippen MR) is 99.7 cm³/mol. The Hall–Kier alpha value is -3.62. The summed E-state index contributed by atoms with van der Waals surface area (Å²) in [7, 11) is 2.99. The number of benzene rings is 1. The van der Waals surface area contributed by atoms with Crippen LogP contribution < -0.4 is 14.8 Å². The van der Waals surface area contributed by atoms with Gasteiger partial charge >= 0.3 is 5.97 Å². The van der Waals surface area contributed by atoms with Crippen molar-refractivity contribution in [3.05, 3.63) is 53.5 Å². The van der Waals surface area contributed by atoms with E-state index in [1.165, 1.54) is 14.2 Å². The van der Waals surface area contributed by atoms with E-state index in [1.54, 1.807) is 47.9 Å². The van der Waals surface area contributed by atoms with Crippen molar-refractivity contribution in [2.24, 2.45) is 0 Å². The Bertz CT molecular complexity index is 1030. The van der Waals surface area contributed by atoms with Crippen LogP contribution in [0.2, 0.25) is 0 Å². The van der Waals surface area contributed by atoms with Gasteiger partial charge in [0, 0.05) is 17.8 Å². The highest BCUT2D eigenvalue weighted by Crippen LogP contribution is 2.31. The highest BCUT2D eigenvalue weighted by Gasteiger charge is 2.23. The first-order valence-corrected chi connectivity index (χ1v) is 8.49. The first-order chi connectivity index (χ1) is 13.4. The number of nitrogens with one attached hydrogen (secondary N) is 1. The van der Waals surface area contributed by atoms with E-state index >= 15 is 0 Å². The number of rotatable bonds is 7. The summed E-state index contributed by atoms with van der Waals surface area (Å²) < 4.78 is 12.2. The number of aliphatic carboxylic acids is 1. The number of carboxylic acid groups (broad SMARTS) is 1. The van der Waals surface area contributed by atoms with E-state index in [0.29, 0.717) is 34.1 Å². The van der Waals surface area contributed by atoms with Gasteiger partial charge in [-0.25, -0.2) is 0 Å². The first kappa shape index (κ1) is 19.2. The van der Waals surface area contributed by atoms with Crippen molar-refractivity contribution >= 4 is 17.5 Å². The van der Waals surface area contributed by atoms with Gasteiger partial charge in [0.25, 0.3) is 5.91 Å². The number of methoxy groups -OCH3 is 2. The fourth-order valence-corrected chi connectivity index (χ4v) is 2.90. The zero-order chi connectivity index (χ0) is 20.3. The Morgan fingerprint density at radius 3 is 2.64 bits per heavy atom. The van der Waals surface area contributed by atoms with Gasteiger partial charge in [-0.15, -0.1) is 10.2 Å². The topological polar surface area (TPSA) is 115 Å². The molecule has 0 aliphatic heterocycles. The molecule has 0 spiro atoms. The number of carbonyl (C=O) groups excluding carboxylic acids is 1. The Morgan fingerprint density at radius 2 is 1.96 bits per heavy atom. The molecule has 9 nitrogen and oxygen atoms in total. The summed E-state index contributed by atoms with van der Waals surface area (Å²) >= 11 is 0. The van der Waals surface area contributed by atoms with Crippen molar-refractivity contribution in [2.75, 3.05) is 14.2 Å². The molecule has 146 valence electrons. The van der Waals surface area contributed by atoms with Crippen molar-refractivity contribution < 1.29 is 24.2 Å². The van der Waals surface area contributed by atoms with E-state index in [2.05, 4.69) is 15.5 Å². The van der Waals surface area contributed by atoms with E-state index in [4.69, 9.17) is 9.47 Å². The Kier molecular flexibility index (Phi) is 5.44. The number of carboxylic acids is 1. The van der Waals surface area contributed by atoms with Crippen LogP contribution in [0.4, 0.5) is 0 Å². The molecule has 28 heavy (non-hydrogen) atoms. The van der Waals surface area contributed by atoms with Crippen LogP contribution in [-0.4, -0.2) is 45.8 Å². The summed E-state index contributed by atoms with van der Waals surface area (Å²) in [5.74, 6) is 0.168. The Balaban J connectivity index is 1.92. The smallest absolute Gasteiger partial charge is 0.305 e. The molecule has 1 aromatic carbocycles. The number of aryl methyl sites for hydroxylation is 1. The maximum absolute atomic E-state index is 12.8. The van der Waals surface area contributed by atoms with E-state index in [1.807, 2.05) is 0 Å². The lowest BCUT2D eigenvalue weighted by molar-refractivity contribution is -0.137. The molecule has 0 radical (unpaired) electrons. The summed E-state index contributed by atoms with van der Waals surface area (Å²) in [6.45, 7) is 1.77. The van der Waals surface area contributed by atoms with Crippen LogP contribution in [0.25, 0.3) is 5.65 Å². The molecular weight excluding hydrogens is 364 g/mol. The molecule has 3 aromatic rings. The Labute approximate surface area is 160 Å². The molecule has 1 amide bonds. The molecule has 1 atom stereocenters. The molecule has 0 fully saturated rings. The lowest BCUT2D eigenvalue weighted by Crippen LogP contribution is -2.30. The average Bonchev–Trinajstić information content (AvgIpc) is 3.06. The van der Waals surface area contributed by atoms with Crippen LogP contribution >= 0.6 is 0 Å². The van der Waals surface area contributed by atoms with Gasteiger partial charge in [-0.3, -0.25) is 14.0 Å². The van der Waals surface area contributed by atoms with Gasteiger partial charge in [0.1, 0.15) is 17.3 Å². The quantitative estimate of drug-likeness (QED) is 0.640. The van der Waals surface area contributed by atoms with Gasteiger partial charge in [-0.05, 0) is 31.2 Å². The van der Waals surface area contributed by atoms with Crippen molar-refractivity contribution in [3.63, 3.8) is 0 Å². The summed E-state index contributed by atoms with van der Waals surface area (Å²) in [6, 6.07) is 7.51. The monoisotopic (exact) mass is 384 g/mol. The van der Waals surface area contributed by atoms with Gasteiger partial charge in [-0.2, -0.15) is 0 Å². The van der Waals surface area contributed by atoms with Crippen LogP contribution in [0, 0.1) is 6.92 Å². The van der Waals surface area contributed by atoms with Crippen LogP contribution in [0.15, 0.2) is 36.5 Å². The summed E-state index contributed by atoms with van der Waals surface area (Å²) in [5, 5.41) is 20.0. The van der Waals surface area contributed by atoms with Gasteiger partial charge in [0.05, 0.1) is 32.2 Å². The minimum atomic E-state index is -1.05. The van der Waals surface area contributed by atoms with Crippen LogP contribution in [0.1, 0.15) is 34.2 Å². The number of amides is 1. The van der Waals surface area contributed by atoms with E-state index in [9.17, 15) is 14.7 Å². The van der Waals surface area contributed by atoms with Crippen molar-refractivity contribution in [2.45, 2.75) is 19.4 Å². The normalized spacial score (nSPS) is 11.8. The van der Waals surface area contributed by atoms with Gasteiger partial charge in [-0.1, -0.05) is 0 Å². The highest BCUT2D eigenvalue weighted by atomic mass is 16.5. The van der Waals surface area contributed by atoms with E-state index < -0.39 is 17.9 Å². The number of ether oxygens (including phenoxy) is 2. The molecule has 0 aliphatic carbocycles. The molecule has 0 saturated heterocycles. The number of hydrogen-bond donors (Lipinski definition) is 2. The number of fused-ring (bicyclic) bond motifs is 1. The molecule has 9 heteroatoms. The molecule has 2 heterocycles. The van der Waals surface area contributed by atoms with Crippen molar-refractivity contribution in [1.82, 2.24) is 19.9 Å². The second-order valence-electron chi connectivity index (χ2n) is 6.12. The first-order valence-electron chi connectivity index (χ1n) is 8.49. The summed E-state index contributed by atoms with van der Waals surface area (Å²) in [4.78, 5) is 24.2. The van der Waals surface area contributed by atoms with Crippen LogP contribution in [0.3, 0.4) is 0 Å². The molecule has 3 rings (SSSR count). The van der Waals surface area contributed by atoms with E-state index in [-0.39, 0.29) is 6.42 Å². The van der Waals surface area contributed by atoms with Crippen LogP contribution in [-0.2, 0) is 4.79 Å². The maximum Gasteiger partial charge on any atom is 0.305 e. The van der Waals surface area contributed by atoms with Crippen LogP contribution in [0.5, 0.6) is 11.5 Å². The third kappa shape index (κ3) is 3.88. The minimum absolute atomic E-state index is 0.303. The van der Waals surface area contributed by atoms with E-state index in [0.717, 1.165) is 0 Å². The molecular formula is C19H20N4O5. The largest absolute Gasteiger partial charge is 0.497 e. The number of aromatic nitrogens is 3. The number of pyridine rings is 1. The molecule has 0 bridgehead atoms. The van der Waals surface area contributed by atoms with Gasteiger partial charge in [0.2, 0.25) is 0 Å². The van der Waals surface area contributed by atoms with Crippen molar-refractivity contribution in [3.8, 4) is 11.5 Å². The second-order valence-corrected chi connectivity index (χ2v) is 6.12. The standard InChI is InChI=1S/C19H20N4O5/c1-11-21-22-17-7-4-12(10-23(11)17)19(26)20-15(9-18(24)25)14-6-5-13(27-2)8-16(14)28-3/h4-8,10,15H,9H2,1-3H3,(H,20,26)(H,24,25).